The van der Waals surface area contributed by atoms with Gasteiger partial charge in [0.05, 0.1) is 10.4 Å². The van der Waals surface area contributed by atoms with E-state index in [0.717, 1.165) is 10.4 Å². The summed E-state index contributed by atoms with van der Waals surface area (Å²) in [6, 6.07) is 13.4. The van der Waals surface area contributed by atoms with Crippen LogP contribution in [0.1, 0.15) is 16.0 Å². The second-order valence-corrected chi connectivity index (χ2v) is 3.83. The molecule has 0 fully saturated rings. The molecule has 0 aliphatic carbocycles. The molecule has 0 saturated carbocycles. The Balaban J connectivity index is 2.36. The van der Waals surface area contributed by atoms with Crippen LogP contribution in [0.5, 0.6) is 0 Å². The summed E-state index contributed by atoms with van der Waals surface area (Å²) in [5.74, 6) is 6.04. The molecule has 1 aromatic heterocycles. The SMILES string of the molecule is N#Cc1ccccc1C#Cc1cccs1. The van der Waals surface area contributed by atoms with Crippen LogP contribution < -0.4 is 0 Å². The lowest BCUT2D eigenvalue weighted by atomic mass is 10.1. The molecule has 0 N–H and O–H groups in total. The second kappa shape index (κ2) is 4.46. The van der Waals surface area contributed by atoms with Crippen LogP contribution >= 0.6 is 11.3 Å². The summed E-state index contributed by atoms with van der Waals surface area (Å²) in [6.07, 6.45) is 0. The Labute approximate surface area is 92.6 Å². The van der Waals surface area contributed by atoms with Gasteiger partial charge in [-0.3, -0.25) is 0 Å². The van der Waals surface area contributed by atoms with Gasteiger partial charge in [0, 0.05) is 5.56 Å². The third-order valence-corrected chi connectivity index (χ3v) is 2.67. The van der Waals surface area contributed by atoms with Gasteiger partial charge in [-0.1, -0.05) is 30.0 Å². The fourth-order valence-electron chi connectivity index (χ4n) is 1.17. The minimum atomic E-state index is 0.626. The number of hydrogen-bond donors (Lipinski definition) is 0. The fourth-order valence-corrected chi connectivity index (χ4v) is 1.74. The molecule has 1 aromatic carbocycles. The van der Waals surface area contributed by atoms with Gasteiger partial charge >= 0.3 is 0 Å². The highest BCUT2D eigenvalue weighted by Gasteiger charge is 1.95. The van der Waals surface area contributed by atoms with Gasteiger partial charge in [-0.2, -0.15) is 5.26 Å². The van der Waals surface area contributed by atoms with E-state index in [0.29, 0.717) is 5.56 Å². The largest absolute Gasteiger partial charge is 0.192 e. The van der Waals surface area contributed by atoms with Crippen molar-refractivity contribution in [2.24, 2.45) is 0 Å². The molecule has 0 aliphatic rings. The molecule has 0 spiro atoms. The molecule has 2 heteroatoms. The first-order chi connectivity index (χ1) is 7.40. The van der Waals surface area contributed by atoms with Crippen LogP contribution in [0.15, 0.2) is 41.8 Å². The Hall–Kier alpha value is -2.03. The predicted molar refractivity (Wildman–Crippen MR) is 61.5 cm³/mol. The van der Waals surface area contributed by atoms with E-state index in [9.17, 15) is 0 Å². The summed E-state index contributed by atoms with van der Waals surface area (Å²) in [5, 5.41) is 10.8. The molecule has 0 bridgehead atoms. The molecule has 2 aromatic rings. The van der Waals surface area contributed by atoms with Gasteiger partial charge in [0.15, 0.2) is 0 Å². The van der Waals surface area contributed by atoms with Crippen molar-refractivity contribution in [2.45, 2.75) is 0 Å². The number of thiophene rings is 1. The lowest BCUT2D eigenvalue weighted by molar-refractivity contribution is 1.47. The maximum Gasteiger partial charge on any atom is 0.100 e. The number of hydrogen-bond acceptors (Lipinski definition) is 2. The first kappa shape index (κ1) is 9.52. The van der Waals surface area contributed by atoms with Gasteiger partial charge in [0.1, 0.15) is 6.07 Å². The van der Waals surface area contributed by atoms with Crippen molar-refractivity contribution in [1.29, 1.82) is 5.26 Å². The van der Waals surface area contributed by atoms with Crippen molar-refractivity contribution in [2.75, 3.05) is 0 Å². The molecule has 0 atom stereocenters. The van der Waals surface area contributed by atoms with Crippen LogP contribution in [0.4, 0.5) is 0 Å². The molecule has 0 unspecified atom stereocenters. The van der Waals surface area contributed by atoms with Crippen molar-refractivity contribution < 1.29 is 0 Å². The van der Waals surface area contributed by atoms with Gasteiger partial charge in [0.25, 0.3) is 0 Å². The molecule has 70 valence electrons. The molecule has 0 amide bonds. The third-order valence-electron chi connectivity index (χ3n) is 1.89. The Morgan fingerprint density at radius 2 is 1.73 bits per heavy atom. The predicted octanol–water partition coefficient (Wildman–Crippen LogP) is 3.02. The molecule has 0 saturated heterocycles. The summed E-state index contributed by atoms with van der Waals surface area (Å²) in [6.45, 7) is 0. The van der Waals surface area contributed by atoms with Gasteiger partial charge in [0.2, 0.25) is 0 Å². The Kier molecular flexibility index (Phi) is 2.83. The van der Waals surface area contributed by atoms with Gasteiger partial charge < -0.3 is 0 Å². The second-order valence-electron chi connectivity index (χ2n) is 2.88. The number of nitriles is 1. The average Bonchev–Trinajstić information content (AvgIpc) is 2.79. The van der Waals surface area contributed by atoms with Crippen LogP contribution in [-0.4, -0.2) is 0 Å². The summed E-state index contributed by atoms with van der Waals surface area (Å²) in [4.78, 5) is 1.02. The summed E-state index contributed by atoms with van der Waals surface area (Å²) < 4.78 is 0. The molecule has 1 nitrogen and oxygen atoms in total. The van der Waals surface area contributed by atoms with E-state index in [-0.39, 0.29) is 0 Å². The highest BCUT2D eigenvalue weighted by Crippen LogP contribution is 2.08. The van der Waals surface area contributed by atoms with Crippen LogP contribution in [0.3, 0.4) is 0 Å². The van der Waals surface area contributed by atoms with Crippen LogP contribution in [-0.2, 0) is 0 Å². The normalized spacial score (nSPS) is 8.73. The summed E-state index contributed by atoms with van der Waals surface area (Å²) >= 11 is 1.60. The number of rotatable bonds is 0. The molecule has 0 aliphatic heterocycles. The first-order valence-electron chi connectivity index (χ1n) is 4.45. The molecular formula is C13H7NS. The van der Waals surface area contributed by atoms with Crippen LogP contribution in [0, 0.1) is 23.2 Å². The summed E-state index contributed by atoms with van der Waals surface area (Å²) in [5.41, 5.74) is 1.41. The molecular weight excluding hydrogens is 202 g/mol. The smallest absolute Gasteiger partial charge is 0.100 e. The Morgan fingerprint density at radius 3 is 2.40 bits per heavy atom. The van der Waals surface area contributed by atoms with Crippen molar-refractivity contribution in [3.63, 3.8) is 0 Å². The zero-order chi connectivity index (χ0) is 10.5. The van der Waals surface area contributed by atoms with E-state index in [2.05, 4.69) is 17.9 Å². The van der Waals surface area contributed by atoms with Gasteiger partial charge in [-0.25, -0.2) is 0 Å². The minimum absolute atomic E-state index is 0.626. The van der Waals surface area contributed by atoms with E-state index < -0.39 is 0 Å². The van der Waals surface area contributed by atoms with Crippen molar-refractivity contribution in [3.8, 4) is 17.9 Å². The van der Waals surface area contributed by atoms with Gasteiger partial charge in [-0.15, -0.1) is 11.3 Å². The average molecular weight is 209 g/mol. The minimum Gasteiger partial charge on any atom is -0.192 e. The standard InChI is InChI=1S/C13H7NS/c14-10-12-5-2-1-4-11(12)7-8-13-6-3-9-15-13/h1-6,9H. The summed E-state index contributed by atoms with van der Waals surface area (Å²) in [7, 11) is 0. The number of nitrogens with zero attached hydrogens (tertiary/aromatic N) is 1. The van der Waals surface area contributed by atoms with E-state index in [1.807, 2.05) is 35.7 Å². The highest BCUT2D eigenvalue weighted by molar-refractivity contribution is 7.10. The van der Waals surface area contributed by atoms with Crippen molar-refractivity contribution in [1.82, 2.24) is 0 Å². The maximum absolute atomic E-state index is 8.86. The van der Waals surface area contributed by atoms with Crippen molar-refractivity contribution >= 4 is 11.3 Å². The Bertz CT molecular complexity index is 550. The monoisotopic (exact) mass is 209 g/mol. The first-order valence-corrected chi connectivity index (χ1v) is 5.33. The topological polar surface area (TPSA) is 23.8 Å². The lowest BCUT2D eigenvalue weighted by Crippen LogP contribution is -1.81. The quantitative estimate of drug-likeness (QED) is 0.612. The van der Waals surface area contributed by atoms with Crippen LogP contribution in [0.2, 0.25) is 0 Å². The highest BCUT2D eigenvalue weighted by atomic mass is 32.1. The molecule has 15 heavy (non-hydrogen) atoms. The number of benzene rings is 1. The van der Waals surface area contributed by atoms with Crippen molar-refractivity contribution in [3.05, 3.63) is 57.8 Å². The molecule has 2 rings (SSSR count). The maximum atomic E-state index is 8.86. The van der Waals surface area contributed by atoms with E-state index in [1.54, 1.807) is 17.4 Å². The zero-order valence-electron chi connectivity index (χ0n) is 7.90. The molecule has 1 heterocycles. The van der Waals surface area contributed by atoms with E-state index >= 15 is 0 Å². The third kappa shape index (κ3) is 2.26. The molecule has 0 radical (unpaired) electrons. The van der Waals surface area contributed by atoms with E-state index in [4.69, 9.17) is 5.26 Å². The fraction of sp³-hybridized carbons (Fsp3) is 0. The zero-order valence-corrected chi connectivity index (χ0v) is 8.71. The van der Waals surface area contributed by atoms with E-state index in [1.165, 1.54) is 0 Å². The van der Waals surface area contributed by atoms with Gasteiger partial charge in [-0.05, 0) is 23.6 Å². The van der Waals surface area contributed by atoms with Crippen LogP contribution in [0.25, 0.3) is 0 Å². The Morgan fingerprint density at radius 1 is 0.933 bits per heavy atom. The lowest BCUT2D eigenvalue weighted by Gasteiger charge is -1.91.